The van der Waals surface area contributed by atoms with E-state index in [1.165, 1.54) is 0 Å². The summed E-state index contributed by atoms with van der Waals surface area (Å²) in [5, 5.41) is 11.5. The Morgan fingerprint density at radius 3 is 1.94 bits per heavy atom. The Bertz CT molecular complexity index is 306. The van der Waals surface area contributed by atoms with Crippen molar-refractivity contribution in [1.82, 2.24) is 5.32 Å². The molecular weight excluding hydrogens is 206 g/mol. The van der Waals surface area contributed by atoms with Crippen molar-refractivity contribution in [2.45, 2.75) is 47.1 Å². The van der Waals surface area contributed by atoms with Crippen molar-refractivity contribution in [2.75, 3.05) is 0 Å². The van der Waals surface area contributed by atoms with Crippen molar-refractivity contribution in [2.24, 2.45) is 16.7 Å². The molecule has 1 unspecified atom stereocenters. The molecule has 0 aromatic carbocycles. The number of aliphatic carboxylic acids is 1. The van der Waals surface area contributed by atoms with Crippen molar-refractivity contribution in [1.29, 1.82) is 0 Å². The van der Waals surface area contributed by atoms with Crippen molar-refractivity contribution >= 4 is 11.9 Å². The molecule has 0 saturated heterocycles. The molecular formula is C12H21NO3. The Morgan fingerprint density at radius 2 is 1.69 bits per heavy atom. The third-order valence-corrected chi connectivity index (χ3v) is 4.31. The average Bonchev–Trinajstić information content (AvgIpc) is 2.52. The molecule has 1 amide bonds. The summed E-state index contributed by atoms with van der Waals surface area (Å²) in [7, 11) is 0. The predicted octanol–water partition coefficient (Wildman–Crippen LogP) is 1.65. The monoisotopic (exact) mass is 227 g/mol. The zero-order valence-corrected chi connectivity index (χ0v) is 10.6. The van der Waals surface area contributed by atoms with Gasteiger partial charge in [0.2, 0.25) is 5.91 Å². The molecule has 1 atom stereocenters. The van der Waals surface area contributed by atoms with Crippen LogP contribution in [0.5, 0.6) is 0 Å². The third kappa shape index (κ3) is 1.81. The van der Waals surface area contributed by atoms with Crippen LogP contribution in [-0.4, -0.2) is 23.0 Å². The van der Waals surface area contributed by atoms with Crippen LogP contribution in [0.15, 0.2) is 0 Å². The third-order valence-electron chi connectivity index (χ3n) is 4.31. The second-order valence-corrected chi connectivity index (χ2v) is 5.68. The molecule has 0 bridgehead atoms. The molecule has 92 valence electrons. The smallest absolute Gasteiger partial charge is 0.326 e. The van der Waals surface area contributed by atoms with Crippen LogP contribution in [0.4, 0.5) is 0 Å². The molecule has 0 aliphatic heterocycles. The summed E-state index contributed by atoms with van der Waals surface area (Å²) < 4.78 is 0. The van der Waals surface area contributed by atoms with Crippen LogP contribution >= 0.6 is 0 Å². The normalized spacial score (nSPS) is 23.6. The van der Waals surface area contributed by atoms with Gasteiger partial charge in [0.1, 0.15) is 6.04 Å². The van der Waals surface area contributed by atoms with Crippen molar-refractivity contribution in [3.05, 3.63) is 0 Å². The minimum atomic E-state index is -0.966. The first-order valence-corrected chi connectivity index (χ1v) is 5.69. The molecule has 4 nitrogen and oxygen atoms in total. The van der Waals surface area contributed by atoms with Crippen LogP contribution in [0, 0.1) is 16.7 Å². The lowest BCUT2D eigenvalue weighted by Crippen LogP contribution is -2.41. The fourth-order valence-corrected chi connectivity index (χ4v) is 2.45. The van der Waals surface area contributed by atoms with E-state index >= 15 is 0 Å². The van der Waals surface area contributed by atoms with Crippen molar-refractivity contribution in [3.63, 3.8) is 0 Å². The van der Waals surface area contributed by atoms with Gasteiger partial charge in [0, 0.05) is 5.92 Å². The molecule has 0 aromatic rings. The van der Waals surface area contributed by atoms with Gasteiger partial charge in [-0.25, -0.2) is 4.79 Å². The number of hydrogen-bond acceptors (Lipinski definition) is 2. The van der Waals surface area contributed by atoms with E-state index in [0.29, 0.717) is 6.42 Å². The molecule has 1 aliphatic carbocycles. The summed E-state index contributed by atoms with van der Waals surface area (Å²) in [4.78, 5) is 22.8. The Labute approximate surface area is 96.4 Å². The highest BCUT2D eigenvalue weighted by Crippen LogP contribution is 2.68. The van der Waals surface area contributed by atoms with Gasteiger partial charge in [0.25, 0.3) is 0 Å². The molecule has 0 spiro atoms. The molecule has 2 N–H and O–H groups in total. The first-order valence-electron chi connectivity index (χ1n) is 5.69. The van der Waals surface area contributed by atoms with E-state index in [4.69, 9.17) is 5.11 Å². The Balaban J connectivity index is 2.66. The number of carbonyl (C=O) groups is 2. The minimum absolute atomic E-state index is 0.0477. The molecule has 1 saturated carbocycles. The number of carbonyl (C=O) groups excluding carboxylic acids is 1. The van der Waals surface area contributed by atoms with E-state index in [2.05, 4.69) is 5.32 Å². The summed E-state index contributed by atoms with van der Waals surface area (Å²) in [6.45, 7) is 9.91. The molecule has 0 heterocycles. The summed E-state index contributed by atoms with van der Waals surface area (Å²) >= 11 is 0. The van der Waals surface area contributed by atoms with Crippen LogP contribution in [0.25, 0.3) is 0 Å². The second kappa shape index (κ2) is 3.75. The van der Waals surface area contributed by atoms with E-state index in [-0.39, 0.29) is 22.7 Å². The average molecular weight is 227 g/mol. The minimum Gasteiger partial charge on any atom is -0.480 e. The molecule has 4 heteroatoms. The molecule has 1 aliphatic rings. The summed E-state index contributed by atoms with van der Waals surface area (Å²) in [6, 6.07) is -0.764. The number of rotatable bonds is 4. The zero-order valence-electron chi connectivity index (χ0n) is 10.6. The van der Waals surface area contributed by atoms with Crippen molar-refractivity contribution in [3.8, 4) is 0 Å². The van der Waals surface area contributed by atoms with Gasteiger partial charge in [0.15, 0.2) is 0 Å². The second-order valence-electron chi connectivity index (χ2n) is 5.68. The molecule has 0 aromatic heterocycles. The van der Waals surface area contributed by atoms with Gasteiger partial charge in [-0.15, -0.1) is 0 Å². The van der Waals surface area contributed by atoms with Gasteiger partial charge in [-0.2, -0.15) is 0 Å². The van der Waals surface area contributed by atoms with E-state index in [1.807, 2.05) is 27.7 Å². The number of carboxylic acids is 1. The zero-order chi connectivity index (χ0) is 12.7. The van der Waals surface area contributed by atoms with Crippen molar-refractivity contribution < 1.29 is 14.7 Å². The summed E-state index contributed by atoms with van der Waals surface area (Å²) in [5.74, 6) is -1.19. The van der Waals surface area contributed by atoms with Crippen LogP contribution in [-0.2, 0) is 9.59 Å². The van der Waals surface area contributed by atoms with Gasteiger partial charge in [0.05, 0.1) is 0 Å². The molecule has 1 rings (SSSR count). The molecule has 16 heavy (non-hydrogen) atoms. The van der Waals surface area contributed by atoms with E-state index in [9.17, 15) is 9.59 Å². The number of hydrogen-bond donors (Lipinski definition) is 2. The van der Waals surface area contributed by atoms with Gasteiger partial charge >= 0.3 is 5.97 Å². The lowest BCUT2D eigenvalue weighted by Gasteiger charge is -2.13. The van der Waals surface area contributed by atoms with Crippen LogP contribution in [0.3, 0.4) is 0 Å². The van der Waals surface area contributed by atoms with Gasteiger partial charge in [-0.1, -0.05) is 34.6 Å². The number of carboxylic acid groups (broad SMARTS) is 1. The predicted molar refractivity (Wildman–Crippen MR) is 60.9 cm³/mol. The van der Waals surface area contributed by atoms with Crippen LogP contribution in [0.2, 0.25) is 0 Å². The Hall–Kier alpha value is -1.06. The quantitative estimate of drug-likeness (QED) is 0.767. The lowest BCUT2D eigenvalue weighted by atomic mass is 10.0. The van der Waals surface area contributed by atoms with E-state index < -0.39 is 12.0 Å². The summed E-state index contributed by atoms with van der Waals surface area (Å²) in [5.41, 5.74) is -0.0955. The highest BCUT2D eigenvalue weighted by molar-refractivity contribution is 5.88. The Kier molecular flexibility index (Phi) is 3.05. The maximum absolute atomic E-state index is 11.9. The largest absolute Gasteiger partial charge is 0.480 e. The standard InChI is InChI=1S/C12H21NO3/c1-6-7(10(15)16)13-9(14)8-11(2,3)12(8,4)5/h7-8H,6H2,1-5H3,(H,13,14)(H,15,16). The maximum atomic E-state index is 11.9. The topological polar surface area (TPSA) is 66.4 Å². The molecule has 1 fully saturated rings. The van der Waals surface area contributed by atoms with E-state index in [0.717, 1.165) is 0 Å². The summed E-state index contributed by atoms with van der Waals surface area (Å²) in [6.07, 6.45) is 0.411. The highest BCUT2D eigenvalue weighted by atomic mass is 16.4. The first kappa shape index (κ1) is 13.0. The fraction of sp³-hybridized carbons (Fsp3) is 0.833. The van der Waals surface area contributed by atoms with Gasteiger partial charge in [-0.3, -0.25) is 4.79 Å². The van der Waals surface area contributed by atoms with Gasteiger partial charge in [-0.05, 0) is 17.3 Å². The van der Waals surface area contributed by atoms with Gasteiger partial charge < -0.3 is 10.4 Å². The highest BCUT2D eigenvalue weighted by Gasteiger charge is 2.68. The first-order chi connectivity index (χ1) is 7.16. The lowest BCUT2D eigenvalue weighted by molar-refractivity contribution is -0.142. The maximum Gasteiger partial charge on any atom is 0.326 e. The Morgan fingerprint density at radius 1 is 1.25 bits per heavy atom. The van der Waals surface area contributed by atoms with E-state index in [1.54, 1.807) is 6.92 Å². The fourth-order valence-electron chi connectivity index (χ4n) is 2.45. The number of amides is 1. The van der Waals surface area contributed by atoms with Crippen LogP contribution in [0.1, 0.15) is 41.0 Å². The van der Waals surface area contributed by atoms with Crippen LogP contribution < -0.4 is 5.32 Å². The SMILES string of the molecule is CCC(NC(=O)C1C(C)(C)C1(C)C)C(=O)O. The number of nitrogens with one attached hydrogen (secondary N) is 1. The molecule has 0 radical (unpaired) electrons.